The van der Waals surface area contributed by atoms with E-state index >= 15 is 0 Å². The molecule has 0 aromatic heterocycles. The molecule has 1 aromatic rings. The van der Waals surface area contributed by atoms with Crippen molar-refractivity contribution in [3.05, 3.63) is 35.4 Å². The van der Waals surface area contributed by atoms with E-state index in [0.717, 1.165) is 24.2 Å². The second kappa shape index (κ2) is 8.77. The van der Waals surface area contributed by atoms with Crippen LogP contribution in [0.15, 0.2) is 24.3 Å². The Labute approximate surface area is 103 Å². The second-order valence-electron chi connectivity index (χ2n) is 3.61. The summed E-state index contributed by atoms with van der Waals surface area (Å²) in [5, 5.41) is 0. The van der Waals surface area contributed by atoms with Gasteiger partial charge in [0, 0.05) is 25.9 Å². The van der Waals surface area contributed by atoms with E-state index < -0.39 is 0 Å². The Morgan fingerprint density at radius 3 is 2.94 bits per heavy atom. The van der Waals surface area contributed by atoms with E-state index in [1.54, 1.807) is 7.11 Å². The molecule has 3 heteroatoms. The number of hydrogen-bond donors (Lipinski definition) is 1. The smallest absolute Gasteiger partial charge is 0.0717 e. The molecule has 17 heavy (non-hydrogen) atoms. The number of ether oxygens (including phenoxy) is 2. The van der Waals surface area contributed by atoms with Crippen molar-refractivity contribution in [2.24, 2.45) is 5.73 Å². The lowest BCUT2D eigenvalue weighted by Gasteiger charge is -2.04. The minimum Gasteiger partial charge on any atom is -0.385 e. The molecule has 0 aliphatic rings. The minimum absolute atomic E-state index is 0.387. The van der Waals surface area contributed by atoms with Gasteiger partial charge in [-0.25, -0.2) is 0 Å². The molecule has 0 radical (unpaired) electrons. The molecule has 0 aliphatic heterocycles. The van der Waals surface area contributed by atoms with Crippen LogP contribution >= 0.6 is 0 Å². The van der Waals surface area contributed by atoms with Crippen molar-refractivity contribution < 1.29 is 9.47 Å². The lowest BCUT2D eigenvalue weighted by molar-refractivity contribution is 0.0928. The van der Waals surface area contributed by atoms with Crippen LogP contribution in [0, 0.1) is 11.8 Å². The highest BCUT2D eigenvalue weighted by Gasteiger charge is 1.94. The number of rotatable bonds is 6. The predicted octanol–water partition coefficient (Wildman–Crippen LogP) is 1.55. The van der Waals surface area contributed by atoms with Gasteiger partial charge in [-0.15, -0.1) is 0 Å². The molecule has 0 saturated carbocycles. The van der Waals surface area contributed by atoms with Crippen LogP contribution in [-0.4, -0.2) is 26.9 Å². The lowest BCUT2D eigenvalue weighted by atomic mass is 10.1. The van der Waals surface area contributed by atoms with Crippen LogP contribution in [0.4, 0.5) is 0 Å². The van der Waals surface area contributed by atoms with Crippen molar-refractivity contribution in [3.63, 3.8) is 0 Å². The summed E-state index contributed by atoms with van der Waals surface area (Å²) in [6.07, 6.45) is 0.920. The first-order chi connectivity index (χ1) is 8.36. The molecule has 0 heterocycles. The molecule has 1 rings (SSSR count). The first-order valence-electron chi connectivity index (χ1n) is 5.71. The maximum absolute atomic E-state index is 5.53. The Kier molecular flexibility index (Phi) is 7.08. The molecule has 0 spiro atoms. The molecule has 3 nitrogen and oxygen atoms in total. The van der Waals surface area contributed by atoms with Gasteiger partial charge in [0.25, 0.3) is 0 Å². The fraction of sp³-hybridized carbons (Fsp3) is 0.429. The molecule has 0 bridgehead atoms. The third-order valence-electron chi connectivity index (χ3n) is 2.17. The van der Waals surface area contributed by atoms with Crippen LogP contribution in [0.5, 0.6) is 0 Å². The van der Waals surface area contributed by atoms with Gasteiger partial charge in [0.1, 0.15) is 0 Å². The van der Waals surface area contributed by atoms with Crippen LogP contribution < -0.4 is 5.73 Å². The summed E-state index contributed by atoms with van der Waals surface area (Å²) in [6, 6.07) is 8.01. The van der Waals surface area contributed by atoms with Gasteiger partial charge in [-0.3, -0.25) is 0 Å². The monoisotopic (exact) mass is 233 g/mol. The minimum atomic E-state index is 0.387. The van der Waals surface area contributed by atoms with E-state index in [0.29, 0.717) is 19.8 Å². The van der Waals surface area contributed by atoms with Gasteiger partial charge in [-0.1, -0.05) is 24.0 Å². The van der Waals surface area contributed by atoms with Crippen LogP contribution in [0.25, 0.3) is 0 Å². The zero-order chi connectivity index (χ0) is 12.3. The first-order valence-corrected chi connectivity index (χ1v) is 5.71. The van der Waals surface area contributed by atoms with Crippen molar-refractivity contribution in [2.45, 2.75) is 13.0 Å². The van der Waals surface area contributed by atoms with E-state index in [1.807, 2.05) is 24.3 Å². The normalized spacial score (nSPS) is 9.76. The van der Waals surface area contributed by atoms with Crippen LogP contribution in [0.3, 0.4) is 0 Å². The highest BCUT2D eigenvalue weighted by Crippen LogP contribution is 2.05. The maximum Gasteiger partial charge on any atom is 0.0717 e. The summed E-state index contributed by atoms with van der Waals surface area (Å²) in [6.45, 7) is 2.45. The van der Waals surface area contributed by atoms with Gasteiger partial charge < -0.3 is 15.2 Å². The van der Waals surface area contributed by atoms with E-state index in [2.05, 4.69) is 11.8 Å². The Bertz CT molecular complexity index is 379. The molecule has 2 N–H and O–H groups in total. The van der Waals surface area contributed by atoms with Gasteiger partial charge >= 0.3 is 0 Å². The number of hydrogen-bond acceptors (Lipinski definition) is 3. The van der Waals surface area contributed by atoms with Gasteiger partial charge in [0.05, 0.1) is 13.2 Å². The van der Waals surface area contributed by atoms with Gasteiger partial charge in [0.15, 0.2) is 0 Å². The van der Waals surface area contributed by atoms with E-state index in [-0.39, 0.29) is 0 Å². The Hall–Kier alpha value is -1.34. The quantitative estimate of drug-likeness (QED) is 0.599. The second-order valence-corrected chi connectivity index (χ2v) is 3.61. The Morgan fingerprint density at radius 1 is 1.29 bits per heavy atom. The number of methoxy groups -OCH3 is 1. The third kappa shape index (κ3) is 6.08. The largest absolute Gasteiger partial charge is 0.385 e. The average molecular weight is 233 g/mol. The summed E-state index contributed by atoms with van der Waals surface area (Å²) in [4.78, 5) is 0. The van der Waals surface area contributed by atoms with Gasteiger partial charge in [0.2, 0.25) is 0 Å². The summed E-state index contributed by atoms with van der Waals surface area (Å²) < 4.78 is 10.5. The summed E-state index contributed by atoms with van der Waals surface area (Å²) in [5.74, 6) is 5.84. The highest BCUT2D eigenvalue weighted by molar-refractivity contribution is 5.37. The van der Waals surface area contributed by atoms with E-state index in [4.69, 9.17) is 15.2 Å². The fourth-order valence-electron chi connectivity index (χ4n) is 1.39. The predicted molar refractivity (Wildman–Crippen MR) is 68.5 cm³/mol. The number of benzene rings is 1. The van der Waals surface area contributed by atoms with Crippen molar-refractivity contribution in [1.82, 2.24) is 0 Å². The standard InChI is InChI=1S/C14H19NO2/c1-16-9-4-10-17-12-14-6-2-5-13(11-14)7-3-8-15/h2,5-6,11H,4,8-10,12,15H2,1H3. The topological polar surface area (TPSA) is 44.5 Å². The first kappa shape index (κ1) is 13.7. The molecule has 92 valence electrons. The zero-order valence-corrected chi connectivity index (χ0v) is 10.2. The Balaban J connectivity index is 2.38. The molecule has 0 atom stereocenters. The molecule has 1 aromatic carbocycles. The van der Waals surface area contributed by atoms with Crippen molar-refractivity contribution in [2.75, 3.05) is 26.9 Å². The molecule has 0 fully saturated rings. The third-order valence-corrected chi connectivity index (χ3v) is 2.17. The van der Waals surface area contributed by atoms with Crippen molar-refractivity contribution in [3.8, 4) is 11.8 Å². The molecular formula is C14H19NO2. The van der Waals surface area contributed by atoms with Crippen LogP contribution in [0.2, 0.25) is 0 Å². The lowest BCUT2D eigenvalue weighted by Crippen LogP contribution is -1.99. The van der Waals surface area contributed by atoms with E-state index in [1.165, 1.54) is 0 Å². The van der Waals surface area contributed by atoms with Crippen molar-refractivity contribution >= 4 is 0 Å². The number of nitrogens with two attached hydrogens (primary N) is 1. The molecule has 0 amide bonds. The molecule has 0 unspecified atom stereocenters. The molecule has 0 aliphatic carbocycles. The summed E-state index contributed by atoms with van der Waals surface area (Å²) in [7, 11) is 1.69. The van der Waals surface area contributed by atoms with Gasteiger partial charge in [-0.05, 0) is 24.1 Å². The summed E-state index contributed by atoms with van der Waals surface area (Å²) >= 11 is 0. The maximum atomic E-state index is 5.53. The highest BCUT2D eigenvalue weighted by atomic mass is 16.5. The van der Waals surface area contributed by atoms with Crippen LogP contribution in [-0.2, 0) is 16.1 Å². The molecular weight excluding hydrogens is 214 g/mol. The van der Waals surface area contributed by atoms with Crippen molar-refractivity contribution in [1.29, 1.82) is 0 Å². The van der Waals surface area contributed by atoms with Crippen LogP contribution in [0.1, 0.15) is 17.5 Å². The average Bonchev–Trinajstić information content (AvgIpc) is 2.37. The SMILES string of the molecule is COCCCOCc1cccc(C#CCN)c1. The van der Waals surface area contributed by atoms with E-state index in [9.17, 15) is 0 Å². The fourth-order valence-corrected chi connectivity index (χ4v) is 1.39. The zero-order valence-electron chi connectivity index (χ0n) is 10.2. The molecule has 0 saturated heterocycles. The Morgan fingerprint density at radius 2 is 2.18 bits per heavy atom. The summed E-state index contributed by atoms with van der Waals surface area (Å²) in [5.41, 5.74) is 7.44. The van der Waals surface area contributed by atoms with Gasteiger partial charge in [-0.2, -0.15) is 0 Å².